The van der Waals surface area contributed by atoms with E-state index in [-0.39, 0.29) is 0 Å². The van der Waals surface area contributed by atoms with E-state index >= 15 is 0 Å². The molecule has 0 radical (unpaired) electrons. The summed E-state index contributed by atoms with van der Waals surface area (Å²) in [5.74, 6) is 2.51. The average Bonchev–Trinajstić information content (AvgIpc) is 2.86. The number of fused-ring (bicyclic) bond motifs is 1. The summed E-state index contributed by atoms with van der Waals surface area (Å²) in [5, 5.41) is 0. The Labute approximate surface area is 99.3 Å². The zero-order valence-electron chi connectivity index (χ0n) is 10.8. The van der Waals surface area contributed by atoms with Crippen molar-refractivity contribution in [1.82, 2.24) is 0 Å². The van der Waals surface area contributed by atoms with Crippen molar-refractivity contribution in [3.8, 4) is 0 Å². The Morgan fingerprint density at radius 2 is 2.19 bits per heavy atom. The summed E-state index contributed by atoms with van der Waals surface area (Å²) in [5.41, 5.74) is 1.93. The van der Waals surface area contributed by atoms with Gasteiger partial charge in [0.2, 0.25) is 0 Å². The van der Waals surface area contributed by atoms with Gasteiger partial charge in [-0.15, -0.1) is 0 Å². The van der Waals surface area contributed by atoms with Gasteiger partial charge in [-0.2, -0.15) is 0 Å². The van der Waals surface area contributed by atoms with E-state index in [1.807, 2.05) is 0 Å². The summed E-state index contributed by atoms with van der Waals surface area (Å²) in [6, 6.07) is 0. The molecule has 2 aliphatic carbocycles. The van der Waals surface area contributed by atoms with E-state index in [1.165, 1.54) is 32.1 Å². The molecule has 3 rings (SSSR count). The second-order valence-corrected chi connectivity index (χ2v) is 6.54. The molecule has 1 saturated carbocycles. The van der Waals surface area contributed by atoms with Crippen LogP contribution in [0, 0.1) is 17.8 Å². The van der Waals surface area contributed by atoms with Crippen LogP contribution >= 0.6 is 0 Å². The van der Waals surface area contributed by atoms with Gasteiger partial charge in [-0.25, -0.2) is 0 Å². The Balaban J connectivity index is 1.86. The van der Waals surface area contributed by atoms with Gasteiger partial charge in [-0.3, -0.25) is 0 Å². The number of hydrogen-bond acceptors (Lipinski definition) is 1. The van der Waals surface area contributed by atoms with Gasteiger partial charge in [0.05, 0.1) is 11.7 Å². The van der Waals surface area contributed by atoms with E-state index in [4.69, 9.17) is 4.74 Å². The Hall–Kier alpha value is -0.300. The number of allylic oxidation sites excluding steroid dienone is 2. The summed E-state index contributed by atoms with van der Waals surface area (Å²) in [7, 11) is 0. The second kappa shape index (κ2) is 3.60. The molecule has 1 spiro atoms. The largest absolute Gasteiger partial charge is 0.366 e. The van der Waals surface area contributed by atoms with Crippen molar-refractivity contribution < 1.29 is 4.74 Å². The number of hydrogen-bond donors (Lipinski definition) is 0. The lowest BCUT2D eigenvalue weighted by Gasteiger charge is -2.37. The highest BCUT2D eigenvalue weighted by Gasteiger charge is 2.59. The minimum atomic E-state index is 0.327. The fraction of sp³-hybridized carbons (Fsp3) is 0.867. The molecule has 3 aliphatic rings. The number of ether oxygens (including phenoxy) is 1. The van der Waals surface area contributed by atoms with Crippen molar-refractivity contribution in [2.45, 2.75) is 64.6 Å². The van der Waals surface area contributed by atoms with Crippen LogP contribution in [-0.4, -0.2) is 11.7 Å². The zero-order chi connectivity index (χ0) is 11.3. The van der Waals surface area contributed by atoms with Crippen LogP contribution in [0.4, 0.5) is 0 Å². The van der Waals surface area contributed by atoms with Crippen LogP contribution in [0.2, 0.25) is 0 Å². The van der Waals surface area contributed by atoms with E-state index in [9.17, 15) is 0 Å². The molecule has 0 unspecified atom stereocenters. The quantitative estimate of drug-likeness (QED) is 0.482. The zero-order valence-corrected chi connectivity index (χ0v) is 10.8. The summed E-state index contributed by atoms with van der Waals surface area (Å²) in [6.07, 6.45) is 9.70. The first-order valence-corrected chi connectivity index (χ1v) is 6.96. The van der Waals surface area contributed by atoms with Gasteiger partial charge in [-0.05, 0) is 56.8 Å². The molecule has 16 heavy (non-hydrogen) atoms. The molecule has 2 bridgehead atoms. The van der Waals surface area contributed by atoms with Crippen LogP contribution in [0.5, 0.6) is 0 Å². The molecule has 4 atom stereocenters. The molecule has 0 aromatic heterocycles. The van der Waals surface area contributed by atoms with E-state index in [2.05, 4.69) is 26.8 Å². The molecule has 1 heteroatoms. The van der Waals surface area contributed by atoms with Gasteiger partial charge in [0, 0.05) is 0 Å². The highest BCUT2D eigenvalue weighted by molar-refractivity contribution is 5.16. The summed E-state index contributed by atoms with van der Waals surface area (Å²) < 4.78 is 6.04. The van der Waals surface area contributed by atoms with Crippen LogP contribution in [0.25, 0.3) is 0 Å². The van der Waals surface area contributed by atoms with Crippen LogP contribution < -0.4 is 0 Å². The minimum absolute atomic E-state index is 0.327. The minimum Gasteiger partial charge on any atom is -0.366 e. The molecule has 1 nitrogen and oxygen atoms in total. The first kappa shape index (κ1) is 10.8. The van der Waals surface area contributed by atoms with Crippen LogP contribution in [0.3, 0.4) is 0 Å². The number of epoxide rings is 1. The van der Waals surface area contributed by atoms with Crippen molar-refractivity contribution >= 4 is 0 Å². The Morgan fingerprint density at radius 3 is 2.94 bits per heavy atom. The maximum Gasteiger partial charge on any atom is 0.0954 e. The van der Waals surface area contributed by atoms with Crippen molar-refractivity contribution in [2.24, 2.45) is 17.8 Å². The smallest absolute Gasteiger partial charge is 0.0954 e. The highest BCUT2D eigenvalue weighted by atomic mass is 16.6. The van der Waals surface area contributed by atoms with E-state index in [0.29, 0.717) is 11.7 Å². The highest BCUT2D eigenvalue weighted by Crippen LogP contribution is 2.55. The molecule has 1 aliphatic heterocycles. The molecular formula is C15H24O. The Kier molecular flexibility index (Phi) is 2.43. The maximum atomic E-state index is 6.04. The standard InChI is InChI=1S/C15H24O/c1-10(2)13-6-7-15-9-12(13)8-11(3)4-5-14(15)16-15/h8,10,12-14H,4-7,9H2,1-3H3/b11-8-/t12-,13-,14+,15-/m0/s1. The monoisotopic (exact) mass is 220 g/mol. The predicted octanol–water partition coefficient (Wildman–Crippen LogP) is 3.94. The summed E-state index contributed by atoms with van der Waals surface area (Å²) in [6.45, 7) is 7.08. The van der Waals surface area contributed by atoms with Gasteiger partial charge >= 0.3 is 0 Å². The van der Waals surface area contributed by atoms with Crippen molar-refractivity contribution in [2.75, 3.05) is 0 Å². The lowest BCUT2D eigenvalue weighted by molar-refractivity contribution is 0.132. The van der Waals surface area contributed by atoms with Crippen molar-refractivity contribution in [1.29, 1.82) is 0 Å². The van der Waals surface area contributed by atoms with Crippen LogP contribution in [0.15, 0.2) is 11.6 Å². The normalized spacial score (nSPS) is 50.0. The van der Waals surface area contributed by atoms with E-state index in [1.54, 1.807) is 5.57 Å². The topological polar surface area (TPSA) is 12.5 Å². The lowest BCUT2D eigenvalue weighted by Crippen LogP contribution is -2.34. The van der Waals surface area contributed by atoms with Crippen LogP contribution in [-0.2, 0) is 4.74 Å². The molecule has 0 amide bonds. The van der Waals surface area contributed by atoms with Gasteiger partial charge in [-0.1, -0.05) is 25.5 Å². The molecule has 90 valence electrons. The van der Waals surface area contributed by atoms with Gasteiger partial charge in [0.25, 0.3) is 0 Å². The Bertz CT molecular complexity index is 317. The first-order valence-electron chi connectivity index (χ1n) is 6.96. The molecule has 1 saturated heterocycles. The van der Waals surface area contributed by atoms with Gasteiger partial charge in [0.15, 0.2) is 0 Å². The predicted molar refractivity (Wildman–Crippen MR) is 66.3 cm³/mol. The van der Waals surface area contributed by atoms with Crippen LogP contribution in [0.1, 0.15) is 52.9 Å². The molecule has 2 fully saturated rings. The van der Waals surface area contributed by atoms with E-state index < -0.39 is 0 Å². The SMILES string of the molecule is C/C1=C/[C@H]2C[C@]3(CC[C@H]2C(C)C)O[C@@H]3CC1. The Morgan fingerprint density at radius 1 is 1.38 bits per heavy atom. The number of rotatable bonds is 1. The van der Waals surface area contributed by atoms with Crippen molar-refractivity contribution in [3.63, 3.8) is 0 Å². The first-order chi connectivity index (χ1) is 7.61. The third kappa shape index (κ3) is 1.64. The second-order valence-electron chi connectivity index (χ2n) is 6.54. The van der Waals surface area contributed by atoms with E-state index in [0.717, 1.165) is 17.8 Å². The average molecular weight is 220 g/mol. The fourth-order valence-electron chi connectivity index (χ4n) is 4.07. The third-order valence-corrected chi connectivity index (χ3v) is 5.09. The summed E-state index contributed by atoms with van der Waals surface area (Å²) >= 11 is 0. The molecule has 0 N–H and O–H groups in total. The third-order valence-electron chi connectivity index (χ3n) is 5.09. The maximum absolute atomic E-state index is 6.04. The summed E-state index contributed by atoms with van der Waals surface area (Å²) in [4.78, 5) is 0. The fourth-order valence-corrected chi connectivity index (χ4v) is 4.07. The van der Waals surface area contributed by atoms with Gasteiger partial charge in [0.1, 0.15) is 0 Å². The van der Waals surface area contributed by atoms with Gasteiger partial charge < -0.3 is 4.74 Å². The molecule has 0 aromatic rings. The molecule has 1 heterocycles. The molecule has 0 aromatic carbocycles. The molecular weight excluding hydrogens is 196 g/mol. The lowest BCUT2D eigenvalue weighted by atomic mass is 9.67. The van der Waals surface area contributed by atoms with Crippen molar-refractivity contribution in [3.05, 3.63) is 11.6 Å².